The molecule has 2 atom stereocenters. The van der Waals surface area contributed by atoms with Gasteiger partial charge in [-0.15, -0.1) is 19.8 Å². The third-order valence-electron chi connectivity index (χ3n) is 8.54. The quantitative estimate of drug-likeness (QED) is 0.107. The first-order valence-electron chi connectivity index (χ1n) is 17.3. The van der Waals surface area contributed by atoms with E-state index < -0.39 is 24.4 Å². The molecular formula is C40H48F8N2O3. The van der Waals surface area contributed by atoms with E-state index in [1.165, 1.54) is 54.8 Å². The molecule has 4 rings (SSSR count). The van der Waals surface area contributed by atoms with Crippen molar-refractivity contribution in [2.45, 2.75) is 90.8 Å². The zero-order valence-corrected chi connectivity index (χ0v) is 30.5. The first-order chi connectivity index (χ1) is 24.8. The van der Waals surface area contributed by atoms with Gasteiger partial charge < -0.3 is 14.8 Å². The van der Waals surface area contributed by atoms with Crippen molar-refractivity contribution in [3.63, 3.8) is 0 Å². The molecule has 2 aliphatic carbocycles. The molecule has 292 valence electrons. The summed E-state index contributed by atoms with van der Waals surface area (Å²) in [5, 5.41) is 3.24. The number of Topliss-reactive ketones (excluding diaryl/α,β-unsaturated/α-hetero) is 1. The number of nitrogens with one attached hydrogen (secondary N) is 1. The van der Waals surface area contributed by atoms with Crippen LogP contribution in [-0.2, 0) is 4.79 Å². The number of hydrogen-bond donors (Lipinski definition) is 1. The highest BCUT2D eigenvalue weighted by atomic mass is 19.4. The van der Waals surface area contributed by atoms with Gasteiger partial charge in [0.1, 0.15) is 11.5 Å². The zero-order chi connectivity index (χ0) is 39.8. The summed E-state index contributed by atoms with van der Waals surface area (Å²) >= 11 is 0. The van der Waals surface area contributed by atoms with Gasteiger partial charge in [0, 0.05) is 23.9 Å². The number of allylic oxidation sites excluding steroid dienone is 4. The van der Waals surface area contributed by atoms with E-state index in [-0.39, 0.29) is 17.5 Å². The highest BCUT2D eigenvalue weighted by Crippen LogP contribution is 2.38. The summed E-state index contributed by atoms with van der Waals surface area (Å²) in [6.07, 6.45) is -0.973. The van der Waals surface area contributed by atoms with Gasteiger partial charge in [-0.3, -0.25) is 9.79 Å². The molecule has 13 heteroatoms. The van der Waals surface area contributed by atoms with Crippen molar-refractivity contribution in [2.75, 3.05) is 13.6 Å². The Bertz CT molecular complexity index is 1590. The highest BCUT2D eigenvalue weighted by Gasteiger charge is 2.61. The van der Waals surface area contributed by atoms with Crippen molar-refractivity contribution in [1.29, 1.82) is 0 Å². The molecular weight excluding hydrogens is 708 g/mol. The Morgan fingerprint density at radius 2 is 1.64 bits per heavy atom. The van der Waals surface area contributed by atoms with E-state index in [2.05, 4.69) is 45.9 Å². The van der Waals surface area contributed by atoms with Crippen molar-refractivity contribution >= 4 is 17.6 Å². The number of carbonyl (C=O) groups is 1. The van der Waals surface area contributed by atoms with Gasteiger partial charge in [-0.2, -0.15) is 22.0 Å². The predicted molar refractivity (Wildman–Crippen MR) is 193 cm³/mol. The second-order valence-electron chi connectivity index (χ2n) is 12.6. The lowest BCUT2D eigenvalue weighted by molar-refractivity contribution is -0.360. The molecule has 1 N–H and O–H groups in total. The molecule has 2 aromatic carbocycles. The normalized spacial score (nSPS) is 18.9. The minimum atomic E-state index is -5.71. The Hall–Kier alpha value is -4.26. The second-order valence-corrected chi connectivity index (χ2v) is 12.6. The zero-order valence-electron chi connectivity index (χ0n) is 30.5. The topological polar surface area (TPSA) is 59.9 Å². The number of benzene rings is 2. The van der Waals surface area contributed by atoms with Crippen LogP contribution in [-0.4, -0.2) is 43.7 Å². The lowest BCUT2D eigenvalue weighted by Gasteiger charge is -2.24. The molecule has 1 saturated carbocycles. The van der Waals surface area contributed by atoms with E-state index in [9.17, 15) is 39.9 Å². The van der Waals surface area contributed by atoms with Gasteiger partial charge in [0.25, 0.3) is 0 Å². The van der Waals surface area contributed by atoms with Crippen molar-refractivity contribution < 1.29 is 49.4 Å². The van der Waals surface area contributed by atoms with E-state index >= 15 is 0 Å². The number of carbonyl (C=O) groups excluding carboxylic acids is 1. The number of aliphatic imine (C=N–C) groups is 1. The highest BCUT2D eigenvalue weighted by molar-refractivity contribution is 6.01. The monoisotopic (exact) mass is 756 g/mol. The molecule has 0 aliphatic heterocycles. The summed E-state index contributed by atoms with van der Waals surface area (Å²) in [6.45, 7) is 14.0. The first kappa shape index (κ1) is 44.9. The molecule has 1 unspecified atom stereocenters. The van der Waals surface area contributed by atoms with Crippen molar-refractivity contribution in [2.24, 2.45) is 16.8 Å². The largest absolute Gasteiger partial charge is 0.573 e. The van der Waals surface area contributed by atoms with E-state index in [1.54, 1.807) is 38.3 Å². The molecule has 2 aromatic rings. The van der Waals surface area contributed by atoms with Crippen LogP contribution < -0.4 is 14.8 Å². The molecule has 0 bridgehead atoms. The Kier molecular flexibility index (Phi) is 17.7. The van der Waals surface area contributed by atoms with E-state index in [1.807, 2.05) is 7.05 Å². The predicted octanol–water partition coefficient (Wildman–Crippen LogP) is 11.7. The fraction of sp³-hybridized carbons (Fsp3) is 0.450. The number of nitrogens with zero attached hydrogens (tertiary/aromatic N) is 1. The Morgan fingerprint density at radius 1 is 0.962 bits per heavy atom. The lowest BCUT2D eigenvalue weighted by Crippen LogP contribution is -2.41. The maximum Gasteiger partial charge on any atom is 0.573 e. The summed E-state index contributed by atoms with van der Waals surface area (Å²) in [5.74, 6) is 0.000596. The van der Waals surface area contributed by atoms with Gasteiger partial charge >= 0.3 is 18.6 Å². The second kappa shape index (κ2) is 20.8. The summed E-state index contributed by atoms with van der Waals surface area (Å²) in [5.41, 5.74) is 4.90. The van der Waals surface area contributed by atoms with Crippen LogP contribution in [0.4, 0.5) is 35.1 Å². The molecule has 0 spiro atoms. The number of hydrogen-bond acceptors (Lipinski definition) is 5. The number of rotatable bonds is 11. The summed E-state index contributed by atoms with van der Waals surface area (Å²) in [6, 6.07) is 9.32. The van der Waals surface area contributed by atoms with Crippen LogP contribution in [0.2, 0.25) is 0 Å². The smallest absolute Gasteiger partial charge is 0.426 e. The maximum atomic E-state index is 12.6. The van der Waals surface area contributed by atoms with Crippen LogP contribution in [0, 0.1) is 25.7 Å². The molecule has 53 heavy (non-hydrogen) atoms. The molecule has 0 heterocycles. The fourth-order valence-electron chi connectivity index (χ4n) is 5.84. The first-order valence-corrected chi connectivity index (χ1v) is 17.3. The Labute approximate surface area is 306 Å². The number of aryl methyl sites for hydroxylation is 2. The van der Waals surface area contributed by atoms with Crippen molar-refractivity contribution in [3.05, 3.63) is 102 Å². The number of halogens is 8. The van der Waals surface area contributed by atoms with Crippen LogP contribution >= 0.6 is 0 Å². The van der Waals surface area contributed by atoms with Crippen molar-refractivity contribution in [3.8, 4) is 11.5 Å². The average molecular weight is 757 g/mol. The fourth-order valence-corrected chi connectivity index (χ4v) is 5.84. The lowest BCUT2D eigenvalue weighted by atomic mass is 9.80. The number of ketones is 1. The molecule has 2 aliphatic rings. The minimum Gasteiger partial charge on any atom is -0.426 e. The van der Waals surface area contributed by atoms with Crippen LogP contribution in [0.3, 0.4) is 0 Å². The summed E-state index contributed by atoms with van der Waals surface area (Å²) < 4.78 is 105. The van der Waals surface area contributed by atoms with E-state index in [0.717, 1.165) is 49.4 Å². The minimum absolute atomic E-state index is 0.00657. The molecule has 0 radical (unpaired) electrons. The molecule has 1 fully saturated rings. The molecule has 0 aromatic heterocycles. The van der Waals surface area contributed by atoms with Crippen LogP contribution in [0.5, 0.6) is 11.5 Å². The van der Waals surface area contributed by atoms with Crippen molar-refractivity contribution in [1.82, 2.24) is 5.32 Å². The Morgan fingerprint density at radius 3 is 2.17 bits per heavy atom. The molecule has 5 nitrogen and oxygen atoms in total. The van der Waals surface area contributed by atoms with Gasteiger partial charge in [-0.1, -0.05) is 55.5 Å². The Balaban J connectivity index is 0.000000286. The van der Waals surface area contributed by atoms with Crippen LogP contribution in [0.25, 0.3) is 6.08 Å². The number of alkyl halides is 8. The summed E-state index contributed by atoms with van der Waals surface area (Å²) in [4.78, 5) is 16.6. The average Bonchev–Trinajstić information content (AvgIpc) is 3.07. The van der Waals surface area contributed by atoms with Gasteiger partial charge in [0.05, 0.1) is 0 Å². The van der Waals surface area contributed by atoms with Crippen LogP contribution in [0.15, 0.2) is 90.1 Å². The third-order valence-corrected chi connectivity index (χ3v) is 8.54. The van der Waals surface area contributed by atoms with Gasteiger partial charge in [-0.25, -0.2) is 0 Å². The maximum absolute atomic E-state index is 12.6. The molecule has 0 saturated heterocycles. The van der Waals surface area contributed by atoms with Gasteiger partial charge in [0.2, 0.25) is 0 Å². The van der Waals surface area contributed by atoms with Crippen LogP contribution in [0.1, 0.15) is 75.0 Å². The van der Waals surface area contributed by atoms with E-state index in [0.29, 0.717) is 29.5 Å². The standard InChI is InChI=1S/C18H19F3O2.C13H22N2.C9H7F5O/c1-3-6-13-8-5-9-16(22)15(13)11-14-12(2)7-4-10-17(14)23-18(19,20)21;1-4-13(15-5-2)12-8-6-11(7-9-12)10-14-3;1-6-2-4-7(5-3-6)15-9(13,14)8(10,11)12/h3-4,7,10-11,13H,1,5-6,8-9H2,2H3;5,8,11,14H,2,4,6-7,9-10H2,1,3H3;2-5H,1H3/b15-11+;;/t13-;;/m0../s1. The number of ether oxygens (including phenoxy) is 2. The summed E-state index contributed by atoms with van der Waals surface area (Å²) in [7, 11) is 2.02. The van der Waals surface area contributed by atoms with Gasteiger partial charge in [0.15, 0.2) is 5.78 Å². The third kappa shape index (κ3) is 14.9. The van der Waals surface area contributed by atoms with E-state index in [4.69, 9.17) is 0 Å². The SMILES string of the molecule is C=CC[C@H]1CCCC(=O)/C1=C/c1c(C)cccc1OC(F)(F)F.C=CN=C(CC)C1=CCC(CNC)CC1.Cc1ccc(OC(F)(F)C(F)(F)F)cc1. The molecule has 0 amide bonds. The van der Waals surface area contributed by atoms with Gasteiger partial charge in [-0.05, 0) is 125 Å².